The molecule has 3 rings (SSSR count). The monoisotopic (exact) mass is 330 g/mol. The van der Waals surface area contributed by atoms with Crippen molar-refractivity contribution >= 4 is 34.5 Å². The Morgan fingerprint density at radius 1 is 1.32 bits per heavy atom. The van der Waals surface area contributed by atoms with E-state index in [0.717, 1.165) is 0 Å². The van der Waals surface area contributed by atoms with Gasteiger partial charge in [-0.3, -0.25) is 4.57 Å². The van der Waals surface area contributed by atoms with Crippen molar-refractivity contribution in [1.29, 1.82) is 0 Å². The van der Waals surface area contributed by atoms with Crippen LogP contribution in [0.1, 0.15) is 6.23 Å². The van der Waals surface area contributed by atoms with Crippen LogP contribution < -0.4 is 11.1 Å². The van der Waals surface area contributed by atoms with Crippen molar-refractivity contribution in [1.82, 2.24) is 19.5 Å². The number of rotatable bonds is 3. The first kappa shape index (κ1) is 15.2. The van der Waals surface area contributed by atoms with Crippen molar-refractivity contribution in [3.63, 3.8) is 0 Å². The molecule has 4 unspecified atom stereocenters. The number of anilines is 2. The zero-order chi connectivity index (χ0) is 16.0. The summed E-state index contributed by atoms with van der Waals surface area (Å²) in [5, 5.41) is 32.0. The number of aromatic nitrogens is 4. The molecule has 1 aliphatic heterocycles. The molecule has 11 heteroatoms. The molecule has 1 aliphatic rings. The zero-order valence-corrected chi connectivity index (χ0v) is 12.3. The van der Waals surface area contributed by atoms with Crippen LogP contribution >= 0.6 is 11.6 Å². The molecule has 120 valence electrons. The van der Waals surface area contributed by atoms with E-state index in [2.05, 4.69) is 20.3 Å². The fraction of sp³-hybridized carbons (Fsp3) is 0.545. The Morgan fingerprint density at radius 2 is 2.05 bits per heavy atom. The molecule has 6 N–H and O–H groups in total. The summed E-state index contributed by atoms with van der Waals surface area (Å²) >= 11 is 6.11. The number of nitrogens with two attached hydrogens (primary N) is 1. The number of imidazole rings is 1. The third kappa shape index (κ3) is 2.16. The standard InChI is InChI=1S/C11H15ClN6O4/c1-14-7-4-8(17-11(13)16-7)18(10(12)15-4)9-6(21)5(20)3(2-19)22-9/h3,5-6,9,19-21H,2H2,1H3,(H3,13,14,16,17). The second-order valence-corrected chi connectivity index (χ2v) is 5.17. The van der Waals surface area contributed by atoms with E-state index < -0.39 is 31.1 Å². The smallest absolute Gasteiger partial charge is 0.224 e. The quantitative estimate of drug-likeness (QED) is 0.433. The number of halogens is 1. The molecule has 22 heavy (non-hydrogen) atoms. The van der Waals surface area contributed by atoms with Crippen molar-refractivity contribution in [2.45, 2.75) is 24.5 Å². The maximum atomic E-state index is 10.1. The van der Waals surface area contributed by atoms with Gasteiger partial charge in [-0.25, -0.2) is 4.98 Å². The van der Waals surface area contributed by atoms with Crippen LogP contribution in [-0.2, 0) is 4.74 Å². The van der Waals surface area contributed by atoms with Gasteiger partial charge in [0, 0.05) is 7.05 Å². The number of aliphatic hydroxyl groups is 3. The molecule has 1 saturated heterocycles. The zero-order valence-electron chi connectivity index (χ0n) is 11.5. The molecule has 0 aliphatic carbocycles. The van der Waals surface area contributed by atoms with Crippen molar-refractivity contribution < 1.29 is 20.1 Å². The first-order valence-electron chi connectivity index (χ1n) is 6.49. The number of ether oxygens (including phenoxy) is 1. The van der Waals surface area contributed by atoms with Crippen molar-refractivity contribution in [3.05, 3.63) is 5.28 Å². The summed E-state index contributed by atoms with van der Waals surface area (Å²) in [4.78, 5) is 12.2. The molecule has 0 amide bonds. The normalized spacial score (nSPS) is 28.4. The van der Waals surface area contributed by atoms with Crippen molar-refractivity contribution in [3.8, 4) is 0 Å². The Morgan fingerprint density at radius 3 is 2.64 bits per heavy atom. The van der Waals surface area contributed by atoms with Crippen LogP contribution in [0.5, 0.6) is 0 Å². The van der Waals surface area contributed by atoms with Crippen LogP contribution in [-0.4, -0.2) is 66.8 Å². The van der Waals surface area contributed by atoms with Gasteiger partial charge in [0.25, 0.3) is 0 Å². The van der Waals surface area contributed by atoms with Crippen LogP contribution in [0, 0.1) is 0 Å². The maximum absolute atomic E-state index is 10.1. The SMILES string of the molecule is CNc1nc(N)nc2c1nc(Cl)n2C1OC(CO)C(O)C1O. The van der Waals surface area contributed by atoms with E-state index in [-0.39, 0.29) is 16.9 Å². The van der Waals surface area contributed by atoms with E-state index >= 15 is 0 Å². The van der Waals surface area contributed by atoms with E-state index in [4.69, 9.17) is 27.2 Å². The van der Waals surface area contributed by atoms with Crippen LogP contribution in [0.15, 0.2) is 0 Å². The average Bonchev–Trinajstić information content (AvgIpc) is 2.96. The van der Waals surface area contributed by atoms with Gasteiger partial charge in [-0.05, 0) is 11.6 Å². The van der Waals surface area contributed by atoms with E-state index in [0.29, 0.717) is 11.3 Å². The topological polar surface area (TPSA) is 152 Å². The van der Waals surface area contributed by atoms with Gasteiger partial charge < -0.3 is 31.1 Å². The van der Waals surface area contributed by atoms with Gasteiger partial charge >= 0.3 is 0 Å². The van der Waals surface area contributed by atoms with Crippen LogP contribution in [0.2, 0.25) is 5.28 Å². The Labute approximate surface area is 129 Å². The molecule has 4 atom stereocenters. The maximum Gasteiger partial charge on any atom is 0.224 e. The summed E-state index contributed by atoms with van der Waals surface area (Å²) in [6, 6.07) is 0. The number of nitrogen functional groups attached to an aromatic ring is 1. The lowest BCUT2D eigenvalue weighted by molar-refractivity contribution is -0.0509. The van der Waals surface area contributed by atoms with Gasteiger partial charge in [0.2, 0.25) is 11.2 Å². The van der Waals surface area contributed by atoms with Crippen molar-refractivity contribution in [2.24, 2.45) is 0 Å². The second-order valence-electron chi connectivity index (χ2n) is 4.83. The molecule has 3 heterocycles. The molecule has 1 fully saturated rings. The van der Waals surface area contributed by atoms with Gasteiger partial charge in [-0.2, -0.15) is 9.97 Å². The molecular formula is C11H15ClN6O4. The lowest BCUT2D eigenvalue weighted by Crippen LogP contribution is -2.33. The Hall–Kier alpha value is -1.72. The molecular weight excluding hydrogens is 316 g/mol. The Bertz CT molecular complexity index is 709. The highest BCUT2D eigenvalue weighted by molar-refractivity contribution is 6.29. The number of nitrogens with one attached hydrogen (secondary N) is 1. The van der Waals surface area contributed by atoms with E-state index in [1.165, 1.54) is 4.57 Å². The number of hydrogen-bond donors (Lipinski definition) is 5. The van der Waals surface area contributed by atoms with E-state index in [1.807, 2.05) is 0 Å². The highest BCUT2D eigenvalue weighted by Gasteiger charge is 2.45. The van der Waals surface area contributed by atoms with Gasteiger partial charge in [0.15, 0.2) is 23.2 Å². The van der Waals surface area contributed by atoms with Crippen LogP contribution in [0.3, 0.4) is 0 Å². The number of hydrogen-bond acceptors (Lipinski definition) is 9. The van der Waals surface area contributed by atoms with E-state index in [9.17, 15) is 10.2 Å². The third-order valence-corrected chi connectivity index (χ3v) is 3.79. The predicted molar refractivity (Wildman–Crippen MR) is 77.3 cm³/mol. The number of nitrogens with zero attached hydrogens (tertiary/aromatic N) is 4. The largest absolute Gasteiger partial charge is 0.394 e. The first-order chi connectivity index (χ1) is 10.5. The van der Waals surface area contributed by atoms with Gasteiger partial charge in [0.05, 0.1) is 6.61 Å². The minimum atomic E-state index is -1.30. The van der Waals surface area contributed by atoms with Crippen LogP contribution in [0.4, 0.5) is 11.8 Å². The fourth-order valence-corrected chi connectivity index (χ4v) is 2.72. The molecule has 2 aromatic heterocycles. The molecule has 10 nitrogen and oxygen atoms in total. The molecule has 0 radical (unpaired) electrons. The molecule has 0 aromatic carbocycles. The molecule has 0 saturated carbocycles. The summed E-state index contributed by atoms with van der Waals surface area (Å²) in [5.41, 5.74) is 6.25. The highest BCUT2D eigenvalue weighted by atomic mass is 35.5. The second kappa shape index (κ2) is 5.48. The number of fused-ring (bicyclic) bond motifs is 1. The lowest BCUT2D eigenvalue weighted by atomic mass is 10.1. The Balaban J connectivity index is 2.15. The summed E-state index contributed by atoms with van der Waals surface area (Å²) in [6.45, 7) is -0.447. The Kier molecular flexibility index (Phi) is 3.78. The minimum absolute atomic E-state index is 0.0126. The highest BCUT2D eigenvalue weighted by Crippen LogP contribution is 2.35. The van der Waals surface area contributed by atoms with Gasteiger partial charge in [-0.1, -0.05) is 0 Å². The summed E-state index contributed by atoms with van der Waals surface area (Å²) < 4.78 is 6.75. The predicted octanol–water partition coefficient (Wildman–Crippen LogP) is -1.28. The van der Waals surface area contributed by atoms with E-state index in [1.54, 1.807) is 7.05 Å². The summed E-state index contributed by atoms with van der Waals surface area (Å²) in [5.74, 6) is 0.358. The van der Waals surface area contributed by atoms with Gasteiger partial charge in [0.1, 0.15) is 18.3 Å². The molecule has 0 spiro atoms. The third-order valence-electron chi connectivity index (χ3n) is 3.52. The summed E-state index contributed by atoms with van der Waals surface area (Å²) in [7, 11) is 1.64. The average molecular weight is 331 g/mol. The summed E-state index contributed by atoms with van der Waals surface area (Å²) in [6.07, 6.45) is -4.55. The lowest BCUT2D eigenvalue weighted by Gasteiger charge is -2.17. The van der Waals surface area contributed by atoms with Crippen molar-refractivity contribution in [2.75, 3.05) is 24.7 Å². The first-order valence-corrected chi connectivity index (χ1v) is 6.86. The fourth-order valence-electron chi connectivity index (χ4n) is 2.46. The van der Waals surface area contributed by atoms with Crippen LogP contribution in [0.25, 0.3) is 11.2 Å². The minimum Gasteiger partial charge on any atom is -0.394 e. The molecule has 0 bridgehead atoms. The molecule has 2 aromatic rings. The van der Waals surface area contributed by atoms with Gasteiger partial charge in [-0.15, -0.1) is 0 Å². The number of aliphatic hydroxyl groups excluding tert-OH is 3.